The van der Waals surface area contributed by atoms with Gasteiger partial charge in [-0.1, -0.05) is 6.42 Å². The molecular formula is C9H18N2. The highest BCUT2D eigenvalue weighted by Crippen LogP contribution is 2.21. The summed E-state index contributed by atoms with van der Waals surface area (Å²) in [6, 6.07) is 0.822. The van der Waals surface area contributed by atoms with Gasteiger partial charge in [0.2, 0.25) is 0 Å². The van der Waals surface area contributed by atoms with E-state index in [2.05, 4.69) is 17.3 Å². The molecule has 2 aliphatic heterocycles. The number of nitrogens with zero attached hydrogens (tertiary/aromatic N) is 1. The molecule has 0 aromatic carbocycles. The van der Waals surface area contributed by atoms with Crippen LogP contribution < -0.4 is 5.32 Å². The second kappa shape index (κ2) is 3.11. The standard InChI is InChI=1S/C9H18N2/c1-11-7-8-3-2-4-9(11)6-10-5-8/h8-10H,2-7H2,1H3. The second-order valence-electron chi connectivity index (χ2n) is 4.05. The van der Waals surface area contributed by atoms with Gasteiger partial charge >= 0.3 is 0 Å². The summed E-state index contributed by atoms with van der Waals surface area (Å²) in [5.41, 5.74) is 0. The van der Waals surface area contributed by atoms with Crippen molar-refractivity contribution in [3.05, 3.63) is 0 Å². The maximum atomic E-state index is 3.54. The third kappa shape index (κ3) is 1.57. The first-order chi connectivity index (χ1) is 5.36. The number of hydrogen-bond donors (Lipinski definition) is 1. The van der Waals surface area contributed by atoms with Crippen LogP contribution in [-0.4, -0.2) is 37.6 Å². The minimum Gasteiger partial charge on any atom is -0.315 e. The molecule has 0 radical (unpaired) electrons. The Morgan fingerprint density at radius 2 is 2.18 bits per heavy atom. The summed E-state index contributed by atoms with van der Waals surface area (Å²) < 4.78 is 0. The largest absolute Gasteiger partial charge is 0.315 e. The van der Waals surface area contributed by atoms with Gasteiger partial charge in [-0.2, -0.15) is 0 Å². The van der Waals surface area contributed by atoms with Crippen LogP contribution in [0.2, 0.25) is 0 Å². The lowest BCUT2D eigenvalue weighted by Crippen LogP contribution is -2.36. The van der Waals surface area contributed by atoms with Crippen LogP contribution >= 0.6 is 0 Å². The second-order valence-corrected chi connectivity index (χ2v) is 4.05. The number of hydrogen-bond acceptors (Lipinski definition) is 2. The third-order valence-corrected chi connectivity index (χ3v) is 3.13. The average molecular weight is 154 g/mol. The first-order valence-corrected chi connectivity index (χ1v) is 4.77. The monoisotopic (exact) mass is 154 g/mol. The maximum Gasteiger partial charge on any atom is 0.0217 e. The Morgan fingerprint density at radius 3 is 3.09 bits per heavy atom. The van der Waals surface area contributed by atoms with Crippen molar-refractivity contribution in [3.63, 3.8) is 0 Å². The van der Waals surface area contributed by atoms with Crippen molar-refractivity contribution >= 4 is 0 Å². The Hall–Kier alpha value is -0.0800. The van der Waals surface area contributed by atoms with E-state index in [1.54, 1.807) is 0 Å². The Morgan fingerprint density at radius 1 is 1.27 bits per heavy atom. The van der Waals surface area contributed by atoms with Crippen molar-refractivity contribution in [1.29, 1.82) is 0 Å². The van der Waals surface area contributed by atoms with Gasteiger partial charge in [-0.25, -0.2) is 0 Å². The van der Waals surface area contributed by atoms with E-state index in [1.807, 2.05) is 0 Å². The molecule has 2 heterocycles. The van der Waals surface area contributed by atoms with Crippen molar-refractivity contribution < 1.29 is 0 Å². The number of nitrogens with one attached hydrogen (secondary N) is 1. The zero-order chi connectivity index (χ0) is 7.68. The first kappa shape index (κ1) is 7.56. The molecule has 0 aliphatic carbocycles. The first-order valence-electron chi connectivity index (χ1n) is 4.77. The predicted octanol–water partition coefficient (Wildman–Crippen LogP) is 0.690. The fourth-order valence-electron chi connectivity index (χ4n) is 2.39. The van der Waals surface area contributed by atoms with Crippen LogP contribution in [0, 0.1) is 5.92 Å². The molecule has 0 aromatic heterocycles. The number of rotatable bonds is 0. The molecular weight excluding hydrogens is 136 g/mol. The van der Waals surface area contributed by atoms with Crippen LogP contribution in [-0.2, 0) is 0 Å². The molecule has 0 amide bonds. The summed E-state index contributed by atoms with van der Waals surface area (Å²) >= 11 is 0. The van der Waals surface area contributed by atoms with Crippen molar-refractivity contribution in [3.8, 4) is 0 Å². The van der Waals surface area contributed by atoms with Crippen LogP contribution in [0.3, 0.4) is 0 Å². The Bertz CT molecular complexity index is 126. The summed E-state index contributed by atoms with van der Waals surface area (Å²) in [5.74, 6) is 0.924. The van der Waals surface area contributed by atoms with Crippen molar-refractivity contribution in [2.45, 2.75) is 25.3 Å². The van der Waals surface area contributed by atoms with E-state index in [0.717, 1.165) is 12.0 Å². The Balaban J connectivity index is 2.08. The van der Waals surface area contributed by atoms with E-state index in [4.69, 9.17) is 0 Å². The summed E-state index contributed by atoms with van der Waals surface area (Å²) in [6.45, 7) is 3.78. The highest BCUT2D eigenvalue weighted by atomic mass is 15.2. The topological polar surface area (TPSA) is 15.3 Å². The van der Waals surface area contributed by atoms with Crippen LogP contribution in [0.4, 0.5) is 0 Å². The van der Waals surface area contributed by atoms with Crippen LogP contribution in [0.5, 0.6) is 0 Å². The molecule has 64 valence electrons. The fraction of sp³-hybridized carbons (Fsp3) is 1.00. The smallest absolute Gasteiger partial charge is 0.0217 e. The van der Waals surface area contributed by atoms with Gasteiger partial charge < -0.3 is 10.2 Å². The SMILES string of the molecule is CN1CC2CCCC1CNC2. The van der Waals surface area contributed by atoms with E-state index in [9.17, 15) is 0 Å². The third-order valence-electron chi connectivity index (χ3n) is 3.13. The molecule has 2 saturated heterocycles. The van der Waals surface area contributed by atoms with E-state index in [1.165, 1.54) is 38.9 Å². The van der Waals surface area contributed by atoms with Gasteiger partial charge in [0.25, 0.3) is 0 Å². The van der Waals surface area contributed by atoms with Crippen LogP contribution in [0.15, 0.2) is 0 Å². The van der Waals surface area contributed by atoms with Gasteiger partial charge in [0.1, 0.15) is 0 Å². The molecule has 2 bridgehead atoms. The zero-order valence-corrected chi connectivity index (χ0v) is 7.34. The van der Waals surface area contributed by atoms with E-state index >= 15 is 0 Å². The van der Waals surface area contributed by atoms with Gasteiger partial charge in [-0.05, 0) is 32.4 Å². The summed E-state index contributed by atoms with van der Waals surface area (Å²) in [7, 11) is 2.27. The summed E-state index contributed by atoms with van der Waals surface area (Å²) in [5, 5.41) is 3.54. The molecule has 2 fully saturated rings. The van der Waals surface area contributed by atoms with E-state index < -0.39 is 0 Å². The number of likely N-dealkylation sites (N-methyl/N-ethyl adjacent to an activating group) is 1. The lowest BCUT2D eigenvalue weighted by atomic mass is 10.0. The van der Waals surface area contributed by atoms with E-state index in [0.29, 0.717) is 0 Å². The van der Waals surface area contributed by atoms with Crippen LogP contribution in [0.25, 0.3) is 0 Å². The molecule has 1 N–H and O–H groups in total. The van der Waals surface area contributed by atoms with Gasteiger partial charge in [-0.15, -0.1) is 0 Å². The lowest BCUT2D eigenvalue weighted by Gasteiger charge is -2.23. The Kier molecular flexibility index (Phi) is 2.14. The van der Waals surface area contributed by atoms with Crippen LogP contribution in [0.1, 0.15) is 19.3 Å². The fourth-order valence-corrected chi connectivity index (χ4v) is 2.39. The molecule has 2 atom stereocenters. The normalized spacial score (nSPS) is 40.1. The molecule has 2 unspecified atom stereocenters. The van der Waals surface area contributed by atoms with Gasteiger partial charge in [0.15, 0.2) is 0 Å². The Labute approximate surface area is 69.0 Å². The van der Waals surface area contributed by atoms with Crippen molar-refractivity contribution in [2.75, 3.05) is 26.7 Å². The molecule has 0 saturated carbocycles. The maximum absolute atomic E-state index is 3.54. The minimum atomic E-state index is 0.822. The highest BCUT2D eigenvalue weighted by Gasteiger charge is 2.25. The zero-order valence-electron chi connectivity index (χ0n) is 7.34. The minimum absolute atomic E-state index is 0.822. The molecule has 2 nitrogen and oxygen atoms in total. The van der Waals surface area contributed by atoms with Gasteiger partial charge in [0, 0.05) is 19.1 Å². The summed E-state index contributed by atoms with van der Waals surface area (Å²) in [4.78, 5) is 2.54. The quantitative estimate of drug-likeness (QED) is 0.552. The summed E-state index contributed by atoms with van der Waals surface area (Å²) in [6.07, 6.45) is 4.29. The molecule has 11 heavy (non-hydrogen) atoms. The van der Waals surface area contributed by atoms with Crippen molar-refractivity contribution in [2.24, 2.45) is 5.92 Å². The molecule has 2 heteroatoms. The lowest BCUT2D eigenvalue weighted by molar-refractivity contribution is 0.247. The van der Waals surface area contributed by atoms with E-state index in [-0.39, 0.29) is 0 Å². The van der Waals surface area contributed by atoms with Gasteiger partial charge in [0.05, 0.1) is 0 Å². The number of fused-ring (bicyclic) bond motifs is 3. The molecule has 2 aliphatic rings. The molecule has 0 aromatic rings. The molecule has 0 spiro atoms. The van der Waals surface area contributed by atoms with Gasteiger partial charge in [-0.3, -0.25) is 0 Å². The predicted molar refractivity (Wildman–Crippen MR) is 46.6 cm³/mol. The van der Waals surface area contributed by atoms with Crippen molar-refractivity contribution in [1.82, 2.24) is 10.2 Å². The average Bonchev–Trinajstić information content (AvgIpc) is 2.16. The molecule has 2 rings (SSSR count). The highest BCUT2D eigenvalue weighted by molar-refractivity contribution is 4.83.